The number of esters is 1. The molecule has 0 spiro atoms. The van der Waals surface area contributed by atoms with Gasteiger partial charge in [-0.3, -0.25) is 4.79 Å². The molecule has 0 saturated carbocycles. The van der Waals surface area contributed by atoms with E-state index in [0.717, 1.165) is 11.3 Å². The van der Waals surface area contributed by atoms with E-state index in [9.17, 15) is 9.59 Å². The van der Waals surface area contributed by atoms with E-state index in [2.05, 4.69) is 5.32 Å². The third kappa shape index (κ3) is 4.58. The van der Waals surface area contributed by atoms with Crippen LogP contribution in [-0.4, -0.2) is 44.8 Å². The summed E-state index contributed by atoms with van der Waals surface area (Å²) in [5.74, 6) is -0.279. The summed E-state index contributed by atoms with van der Waals surface area (Å²) in [4.78, 5) is 24.6. The fraction of sp³-hybridized carbons (Fsp3) is 0.444. The van der Waals surface area contributed by atoms with E-state index in [1.807, 2.05) is 38.1 Å². The number of carbonyl (C=O) groups excluding carboxylic acids is 2. The molecule has 1 N–H and O–H groups in total. The van der Waals surface area contributed by atoms with Crippen molar-refractivity contribution in [2.45, 2.75) is 20.0 Å². The highest BCUT2D eigenvalue weighted by Crippen LogP contribution is 2.26. The Morgan fingerprint density at radius 1 is 1.29 bits per heavy atom. The zero-order valence-electron chi connectivity index (χ0n) is 14.2. The number of para-hydroxylation sites is 1. The van der Waals surface area contributed by atoms with Crippen LogP contribution < -0.4 is 10.1 Å². The Balaban J connectivity index is 2.03. The summed E-state index contributed by atoms with van der Waals surface area (Å²) < 4.78 is 15.9. The van der Waals surface area contributed by atoms with Crippen LogP contribution in [0.4, 0.5) is 0 Å². The van der Waals surface area contributed by atoms with E-state index in [4.69, 9.17) is 14.2 Å². The van der Waals surface area contributed by atoms with Crippen LogP contribution in [0.5, 0.6) is 5.75 Å². The van der Waals surface area contributed by atoms with E-state index in [1.165, 1.54) is 0 Å². The normalized spacial score (nSPS) is 14.2. The molecule has 0 radical (unpaired) electrons. The molecule has 130 valence electrons. The predicted octanol–water partition coefficient (Wildman–Crippen LogP) is 1.79. The number of hydrogen-bond acceptors (Lipinski definition) is 5. The first-order chi connectivity index (χ1) is 11.5. The molecule has 0 saturated heterocycles. The molecule has 1 atom stereocenters. The second kappa shape index (κ2) is 8.49. The van der Waals surface area contributed by atoms with Gasteiger partial charge in [0.25, 0.3) is 5.91 Å². The van der Waals surface area contributed by atoms with Crippen molar-refractivity contribution in [3.8, 4) is 5.75 Å². The zero-order chi connectivity index (χ0) is 17.5. The van der Waals surface area contributed by atoms with Crippen LogP contribution in [0.1, 0.15) is 19.4 Å². The average molecular weight is 333 g/mol. The van der Waals surface area contributed by atoms with Crippen LogP contribution >= 0.6 is 0 Å². The van der Waals surface area contributed by atoms with Crippen molar-refractivity contribution in [2.75, 3.05) is 26.9 Å². The summed E-state index contributed by atoms with van der Waals surface area (Å²) in [7, 11) is 1.56. The highest BCUT2D eigenvalue weighted by Gasteiger charge is 2.28. The topological polar surface area (TPSA) is 73.9 Å². The maximum Gasteiger partial charge on any atom is 0.338 e. The van der Waals surface area contributed by atoms with Crippen molar-refractivity contribution < 1.29 is 23.8 Å². The molecule has 1 aliphatic heterocycles. The smallest absolute Gasteiger partial charge is 0.338 e. The molecular weight excluding hydrogens is 310 g/mol. The number of benzene rings is 1. The van der Waals surface area contributed by atoms with E-state index >= 15 is 0 Å². The Kier molecular flexibility index (Phi) is 6.37. The predicted molar refractivity (Wildman–Crippen MR) is 89.5 cm³/mol. The number of rotatable bonds is 7. The summed E-state index contributed by atoms with van der Waals surface area (Å²) in [5.41, 5.74) is 1.21. The van der Waals surface area contributed by atoms with Crippen molar-refractivity contribution in [3.05, 3.63) is 35.4 Å². The third-order valence-corrected chi connectivity index (χ3v) is 3.60. The van der Waals surface area contributed by atoms with Gasteiger partial charge in [0, 0.05) is 19.2 Å². The van der Waals surface area contributed by atoms with Crippen molar-refractivity contribution >= 4 is 18.0 Å². The first kappa shape index (κ1) is 18.0. The lowest BCUT2D eigenvalue weighted by Crippen LogP contribution is -2.42. The second-order valence-electron chi connectivity index (χ2n) is 5.85. The van der Waals surface area contributed by atoms with Gasteiger partial charge in [-0.15, -0.1) is 0 Å². The molecule has 0 bridgehead atoms. The highest BCUT2D eigenvalue weighted by molar-refractivity contribution is 5.97. The minimum absolute atomic E-state index is 0.131. The van der Waals surface area contributed by atoms with E-state index in [-0.39, 0.29) is 18.4 Å². The molecule has 0 aromatic heterocycles. The minimum Gasteiger partial charge on any atom is -0.488 e. The molecule has 0 fully saturated rings. The maximum atomic E-state index is 12.4. The highest BCUT2D eigenvalue weighted by atomic mass is 16.6. The number of ether oxygens (including phenoxy) is 3. The summed E-state index contributed by atoms with van der Waals surface area (Å²) in [6.45, 7) is 4.56. The molecule has 1 amide bonds. The Morgan fingerprint density at radius 3 is 2.75 bits per heavy atom. The summed E-state index contributed by atoms with van der Waals surface area (Å²) in [5, 5.41) is 2.70. The SMILES string of the molecule is COCCNC(=O)[C@H](OC(=O)C1=Cc2ccccc2OC1)C(C)C. The van der Waals surface area contributed by atoms with Gasteiger partial charge in [0.2, 0.25) is 0 Å². The van der Waals surface area contributed by atoms with Crippen molar-refractivity contribution in [3.63, 3.8) is 0 Å². The molecular formula is C18H23NO5. The Labute approximate surface area is 141 Å². The largest absolute Gasteiger partial charge is 0.488 e. The minimum atomic E-state index is -0.854. The fourth-order valence-electron chi connectivity index (χ4n) is 2.29. The van der Waals surface area contributed by atoms with Gasteiger partial charge in [-0.1, -0.05) is 32.0 Å². The number of carbonyl (C=O) groups is 2. The van der Waals surface area contributed by atoms with Crippen LogP contribution in [0.3, 0.4) is 0 Å². The first-order valence-electron chi connectivity index (χ1n) is 7.93. The molecule has 1 heterocycles. The van der Waals surface area contributed by atoms with Gasteiger partial charge >= 0.3 is 5.97 Å². The Bertz CT molecular complexity index is 624. The lowest BCUT2D eigenvalue weighted by Gasteiger charge is -2.23. The molecule has 1 aromatic rings. The second-order valence-corrected chi connectivity index (χ2v) is 5.85. The van der Waals surface area contributed by atoms with Gasteiger partial charge in [-0.25, -0.2) is 4.79 Å². The molecule has 1 aliphatic rings. The monoisotopic (exact) mass is 333 g/mol. The maximum absolute atomic E-state index is 12.4. The molecule has 0 aliphatic carbocycles. The van der Waals surface area contributed by atoms with Crippen LogP contribution in [0, 0.1) is 5.92 Å². The lowest BCUT2D eigenvalue weighted by atomic mass is 10.1. The summed E-state index contributed by atoms with van der Waals surface area (Å²) in [6.07, 6.45) is 0.883. The molecule has 24 heavy (non-hydrogen) atoms. The van der Waals surface area contributed by atoms with Crippen molar-refractivity contribution in [1.29, 1.82) is 0 Å². The van der Waals surface area contributed by atoms with E-state index in [1.54, 1.807) is 13.2 Å². The van der Waals surface area contributed by atoms with Crippen LogP contribution in [0.2, 0.25) is 0 Å². The summed E-state index contributed by atoms with van der Waals surface area (Å²) in [6, 6.07) is 7.44. The van der Waals surface area contributed by atoms with Crippen LogP contribution in [0.25, 0.3) is 6.08 Å². The number of amides is 1. The van der Waals surface area contributed by atoms with Crippen molar-refractivity contribution in [2.24, 2.45) is 5.92 Å². The van der Waals surface area contributed by atoms with E-state index < -0.39 is 12.1 Å². The van der Waals surface area contributed by atoms with Crippen LogP contribution in [-0.2, 0) is 19.1 Å². The van der Waals surface area contributed by atoms with Crippen LogP contribution in [0.15, 0.2) is 29.8 Å². The molecule has 6 heteroatoms. The van der Waals surface area contributed by atoms with Crippen molar-refractivity contribution in [1.82, 2.24) is 5.32 Å². The third-order valence-electron chi connectivity index (χ3n) is 3.60. The van der Waals surface area contributed by atoms with Gasteiger partial charge in [-0.2, -0.15) is 0 Å². The lowest BCUT2D eigenvalue weighted by molar-refractivity contribution is -0.155. The number of methoxy groups -OCH3 is 1. The fourth-order valence-corrected chi connectivity index (χ4v) is 2.29. The molecule has 6 nitrogen and oxygen atoms in total. The number of fused-ring (bicyclic) bond motifs is 1. The van der Waals surface area contributed by atoms with E-state index in [0.29, 0.717) is 18.7 Å². The number of nitrogens with one attached hydrogen (secondary N) is 1. The summed E-state index contributed by atoms with van der Waals surface area (Å²) >= 11 is 0. The molecule has 2 rings (SSSR count). The van der Waals surface area contributed by atoms with Gasteiger partial charge < -0.3 is 19.5 Å². The average Bonchev–Trinajstić information content (AvgIpc) is 2.58. The Morgan fingerprint density at radius 2 is 2.04 bits per heavy atom. The van der Waals surface area contributed by atoms with Gasteiger partial charge in [0.15, 0.2) is 6.10 Å². The van der Waals surface area contributed by atoms with Gasteiger partial charge in [0.05, 0.1) is 12.2 Å². The Hall–Kier alpha value is -2.34. The number of hydrogen-bond donors (Lipinski definition) is 1. The standard InChI is InChI=1S/C18H23NO5/c1-12(2)16(17(20)19-8-9-22-3)24-18(21)14-10-13-6-4-5-7-15(13)23-11-14/h4-7,10,12,16H,8-9,11H2,1-3H3,(H,19,20)/t16-/m1/s1. The quantitative estimate of drug-likeness (QED) is 0.608. The first-order valence-corrected chi connectivity index (χ1v) is 7.93. The van der Waals surface area contributed by atoms with Gasteiger partial charge in [-0.05, 0) is 18.1 Å². The molecule has 1 aromatic carbocycles. The molecule has 0 unspecified atom stereocenters. The zero-order valence-corrected chi connectivity index (χ0v) is 14.2. The van der Waals surface area contributed by atoms with Gasteiger partial charge in [0.1, 0.15) is 12.4 Å².